The molecule has 2 aromatic rings. The Morgan fingerprint density at radius 3 is 2.65 bits per heavy atom. The molecule has 0 aliphatic carbocycles. The zero-order chi connectivity index (χ0) is 16.8. The van der Waals surface area contributed by atoms with Gasteiger partial charge in [0, 0.05) is 43.6 Å². The number of nitrogen functional groups attached to an aromatic ring is 1. The number of aromatic nitrogens is 2. The first kappa shape index (κ1) is 22.0. The Balaban J connectivity index is 0.00000169. The summed E-state index contributed by atoms with van der Waals surface area (Å²) in [6.07, 6.45) is 6.62. The predicted octanol–water partition coefficient (Wildman–Crippen LogP) is 2.62. The van der Waals surface area contributed by atoms with Crippen molar-refractivity contribution >= 4 is 42.4 Å². The van der Waals surface area contributed by atoms with Gasteiger partial charge in [-0.3, -0.25) is 4.79 Å². The highest BCUT2D eigenvalue weighted by Gasteiger charge is 2.22. The van der Waals surface area contributed by atoms with Gasteiger partial charge in [0.25, 0.3) is 0 Å². The summed E-state index contributed by atoms with van der Waals surface area (Å²) in [5, 5.41) is 3.13. The number of carbonyl (C=O) groups excluding carboxylic acids is 1. The molecule has 3 N–H and O–H groups in total. The molecule has 1 unspecified atom stereocenters. The number of hydrogen-bond donors (Lipinski definition) is 2. The van der Waals surface area contributed by atoms with E-state index in [2.05, 4.69) is 20.2 Å². The molecule has 0 saturated carbocycles. The van der Waals surface area contributed by atoms with E-state index in [1.807, 2.05) is 30.3 Å². The van der Waals surface area contributed by atoms with E-state index in [1.54, 1.807) is 12.4 Å². The zero-order valence-corrected chi connectivity index (χ0v) is 16.1. The molecule has 1 aromatic heterocycles. The van der Waals surface area contributed by atoms with Crippen LogP contribution in [-0.2, 0) is 11.2 Å². The van der Waals surface area contributed by atoms with E-state index in [4.69, 9.17) is 5.73 Å². The molecule has 3 rings (SSSR count). The lowest BCUT2D eigenvalue weighted by Crippen LogP contribution is -2.48. The fraction of sp³-hybridized carbons (Fsp3) is 0.389. The third-order valence-corrected chi connectivity index (χ3v) is 4.30. The molecule has 1 aliphatic rings. The van der Waals surface area contributed by atoms with Crippen molar-refractivity contribution in [3.05, 3.63) is 48.3 Å². The number of nitrogens with two attached hydrogens (primary N) is 1. The Bertz CT molecular complexity index is 686. The summed E-state index contributed by atoms with van der Waals surface area (Å²) >= 11 is 0. The molecule has 26 heavy (non-hydrogen) atoms. The van der Waals surface area contributed by atoms with Crippen molar-refractivity contribution in [2.75, 3.05) is 23.7 Å². The van der Waals surface area contributed by atoms with Crippen molar-refractivity contribution in [1.29, 1.82) is 0 Å². The minimum Gasteiger partial charge on any atom is -0.399 e. The van der Waals surface area contributed by atoms with Gasteiger partial charge in [-0.1, -0.05) is 18.2 Å². The van der Waals surface area contributed by atoms with Crippen LogP contribution in [0, 0.1) is 0 Å². The van der Waals surface area contributed by atoms with Crippen molar-refractivity contribution in [2.24, 2.45) is 0 Å². The van der Waals surface area contributed by atoms with Gasteiger partial charge in [-0.15, -0.1) is 24.8 Å². The third kappa shape index (κ3) is 6.04. The molecule has 1 fully saturated rings. The average molecular weight is 398 g/mol. The Kier molecular flexibility index (Phi) is 9.16. The van der Waals surface area contributed by atoms with Gasteiger partial charge in [0.2, 0.25) is 11.9 Å². The summed E-state index contributed by atoms with van der Waals surface area (Å²) in [7, 11) is 0. The maximum Gasteiger partial charge on any atom is 0.225 e. The minimum atomic E-state index is 0. The van der Waals surface area contributed by atoms with Crippen LogP contribution in [0.15, 0.2) is 42.7 Å². The van der Waals surface area contributed by atoms with E-state index in [0.717, 1.165) is 43.1 Å². The van der Waals surface area contributed by atoms with Crippen LogP contribution in [0.1, 0.15) is 24.8 Å². The van der Waals surface area contributed by atoms with Gasteiger partial charge >= 0.3 is 0 Å². The molecule has 0 radical (unpaired) electrons. The first-order valence-corrected chi connectivity index (χ1v) is 8.37. The number of hydrogen-bond acceptors (Lipinski definition) is 5. The molecule has 0 bridgehead atoms. The van der Waals surface area contributed by atoms with Crippen LogP contribution in [0.2, 0.25) is 0 Å². The second kappa shape index (κ2) is 10.8. The largest absolute Gasteiger partial charge is 0.399 e. The fourth-order valence-corrected chi connectivity index (χ4v) is 3.04. The standard InChI is InChI=1S/C18H23N5O.2ClH/c19-16-7-2-1-5-14(16)8-9-17(24)22-15-6-3-12-23(13-15)18-20-10-4-11-21-18;;/h1-2,4-5,7,10-11,15H,3,6,8-9,12-13,19H2,(H,22,24);2*1H. The first-order chi connectivity index (χ1) is 11.7. The van der Waals surface area contributed by atoms with Crippen LogP contribution in [0.3, 0.4) is 0 Å². The summed E-state index contributed by atoms with van der Waals surface area (Å²) in [6.45, 7) is 1.68. The monoisotopic (exact) mass is 397 g/mol. The smallest absolute Gasteiger partial charge is 0.225 e. The van der Waals surface area contributed by atoms with Crippen LogP contribution in [0.4, 0.5) is 11.6 Å². The number of anilines is 2. The summed E-state index contributed by atoms with van der Waals surface area (Å²) in [6, 6.07) is 9.64. The summed E-state index contributed by atoms with van der Waals surface area (Å²) < 4.78 is 0. The molecule has 1 aromatic carbocycles. The number of rotatable bonds is 5. The molecular weight excluding hydrogens is 373 g/mol. The zero-order valence-electron chi connectivity index (χ0n) is 14.5. The topological polar surface area (TPSA) is 84.1 Å². The number of carbonyl (C=O) groups is 1. The van der Waals surface area contributed by atoms with Crippen molar-refractivity contribution in [1.82, 2.24) is 15.3 Å². The first-order valence-electron chi connectivity index (χ1n) is 8.37. The number of nitrogens with one attached hydrogen (secondary N) is 1. The van der Waals surface area contributed by atoms with Gasteiger partial charge < -0.3 is 16.0 Å². The normalized spacial score (nSPS) is 16.2. The number of para-hydroxylation sites is 1. The third-order valence-electron chi connectivity index (χ3n) is 4.30. The maximum atomic E-state index is 12.2. The van der Waals surface area contributed by atoms with E-state index in [-0.39, 0.29) is 36.8 Å². The van der Waals surface area contributed by atoms with Crippen LogP contribution in [0.5, 0.6) is 0 Å². The van der Waals surface area contributed by atoms with E-state index in [0.29, 0.717) is 12.8 Å². The summed E-state index contributed by atoms with van der Waals surface area (Å²) in [5.74, 6) is 0.799. The van der Waals surface area contributed by atoms with Crippen LogP contribution in [-0.4, -0.2) is 35.0 Å². The highest BCUT2D eigenvalue weighted by atomic mass is 35.5. The molecule has 6 nitrogen and oxygen atoms in total. The molecule has 1 atom stereocenters. The van der Waals surface area contributed by atoms with E-state index in [1.165, 1.54) is 0 Å². The number of piperidine rings is 1. The molecule has 1 saturated heterocycles. The SMILES string of the molecule is Cl.Cl.Nc1ccccc1CCC(=O)NC1CCCN(c2ncccn2)C1. The Morgan fingerprint density at radius 1 is 1.19 bits per heavy atom. The number of nitrogens with zero attached hydrogens (tertiary/aromatic N) is 3. The lowest BCUT2D eigenvalue weighted by molar-refractivity contribution is -0.121. The van der Waals surface area contributed by atoms with Gasteiger partial charge in [-0.25, -0.2) is 9.97 Å². The Hall–Kier alpha value is -2.05. The highest BCUT2D eigenvalue weighted by Crippen LogP contribution is 2.16. The highest BCUT2D eigenvalue weighted by molar-refractivity contribution is 5.85. The molecule has 2 heterocycles. The molecular formula is C18H25Cl2N5O. The van der Waals surface area contributed by atoms with E-state index >= 15 is 0 Å². The summed E-state index contributed by atoms with van der Waals surface area (Å²) in [5.41, 5.74) is 7.69. The second-order valence-corrected chi connectivity index (χ2v) is 6.10. The van der Waals surface area contributed by atoms with Gasteiger partial charge in [0.05, 0.1) is 0 Å². The quantitative estimate of drug-likeness (QED) is 0.757. The van der Waals surface area contributed by atoms with E-state index in [9.17, 15) is 4.79 Å². The molecule has 8 heteroatoms. The number of amides is 1. The van der Waals surface area contributed by atoms with Gasteiger partial charge in [0.1, 0.15) is 0 Å². The maximum absolute atomic E-state index is 12.2. The molecule has 1 amide bonds. The van der Waals surface area contributed by atoms with Crippen molar-refractivity contribution in [3.8, 4) is 0 Å². The second-order valence-electron chi connectivity index (χ2n) is 6.10. The minimum absolute atomic E-state index is 0. The van der Waals surface area contributed by atoms with Crippen molar-refractivity contribution in [2.45, 2.75) is 31.7 Å². The van der Waals surface area contributed by atoms with Crippen molar-refractivity contribution < 1.29 is 4.79 Å². The van der Waals surface area contributed by atoms with Crippen LogP contribution >= 0.6 is 24.8 Å². The fourth-order valence-electron chi connectivity index (χ4n) is 3.04. The molecule has 0 spiro atoms. The summed E-state index contributed by atoms with van der Waals surface area (Å²) in [4.78, 5) is 22.9. The predicted molar refractivity (Wildman–Crippen MR) is 109 cm³/mol. The average Bonchev–Trinajstić information content (AvgIpc) is 2.62. The number of halogens is 2. The molecule has 142 valence electrons. The molecule has 1 aliphatic heterocycles. The van der Waals surface area contributed by atoms with E-state index < -0.39 is 0 Å². The number of aryl methyl sites for hydroxylation is 1. The van der Waals surface area contributed by atoms with Gasteiger partial charge in [0.15, 0.2) is 0 Å². The van der Waals surface area contributed by atoms with Crippen LogP contribution < -0.4 is 16.0 Å². The number of benzene rings is 1. The Morgan fingerprint density at radius 2 is 1.92 bits per heavy atom. The van der Waals surface area contributed by atoms with Crippen LogP contribution in [0.25, 0.3) is 0 Å². The Labute approximate surface area is 166 Å². The van der Waals surface area contributed by atoms with Gasteiger partial charge in [-0.2, -0.15) is 0 Å². The van der Waals surface area contributed by atoms with Crippen molar-refractivity contribution in [3.63, 3.8) is 0 Å². The lowest BCUT2D eigenvalue weighted by Gasteiger charge is -2.33. The lowest BCUT2D eigenvalue weighted by atomic mass is 10.0. The van der Waals surface area contributed by atoms with Gasteiger partial charge in [-0.05, 0) is 37.0 Å².